The molecule has 1 aliphatic heterocycles. The molecule has 6 nitrogen and oxygen atoms in total. The molecule has 1 saturated heterocycles. The zero-order valence-electron chi connectivity index (χ0n) is 17.6. The highest BCUT2D eigenvalue weighted by molar-refractivity contribution is 5.94. The number of amides is 1. The highest BCUT2D eigenvalue weighted by Crippen LogP contribution is 2.27. The Morgan fingerprint density at radius 3 is 2.76 bits per heavy atom. The number of carbonyl (C=O) groups is 1. The van der Waals surface area contributed by atoms with Crippen molar-refractivity contribution in [1.29, 1.82) is 0 Å². The first-order valence-corrected chi connectivity index (χ1v) is 11.3. The second-order valence-electron chi connectivity index (χ2n) is 8.35. The van der Waals surface area contributed by atoms with Gasteiger partial charge in [0.1, 0.15) is 5.69 Å². The van der Waals surface area contributed by atoms with Gasteiger partial charge >= 0.3 is 0 Å². The van der Waals surface area contributed by atoms with Crippen molar-refractivity contribution in [3.05, 3.63) is 47.0 Å². The summed E-state index contributed by atoms with van der Waals surface area (Å²) in [6.07, 6.45) is 12.1. The van der Waals surface area contributed by atoms with Gasteiger partial charge in [0.15, 0.2) is 0 Å². The van der Waals surface area contributed by atoms with E-state index in [-0.39, 0.29) is 5.91 Å². The van der Waals surface area contributed by atoms with Crippen LogP contribution in [0.4, 0.5) is 0 Å². The van der Waals surface area contributed by atoms with Gasteiger partial charge < -0.3 is 10.2 Å². The average Bonchev–Trinajstić information content (AvgIpc) is 3.12. The largest absolute Gasteiger partial charge is 0.337 e. The van der Waals surface area contributed by atoms with E-state index >= 15 is 0 Å². The molecular weight excluding hydrogens is 362 g/mol. The van der Waals surface area contributed by atoms with Gasteiger partial charge in [0, 0.05) is 43.6 Å². The third-order valence-corrected chi connectivity index (χ3v) is 6.19. The van der Waals surface area contributed by atoms with Gasteiger partial charge in [-0.05, 0) is 75.6 Å². The van der Waals surface area contributed by atoms with Crippen molar-refractivity contribution in [2.24, 2.45) is 0 Å². The van der Waals surface area contributed by atoms with Gasteiger partial charge in [0.2, 0.25) is 0 Å². The molecule has 6 heteroatoms. The molecule has 1 atom stereocenters. The molecule has 0 spiro atoms. The first kappa shape index (κ1) is 20.1. The van der Waals surface area contributed by atoms with Crippen LogP contribution in [0.5, 0.6) is 0 Å². The summed E-state index contributed by atoms with van der Waals surface area (Å²) in [7, 11) is 0. The molecule has 1 N–H and O–H groups in total. The number of carbonyl (C=O) groups excluding carboxylic acids is 1. The Bertz CT molecular complexity index is 810. The molecule has 3 heterocycles. The second kappa shape index (κ2) is 9.53. The van der Waals surface area contributed by atoms with E-state index in [1.54, 1.807) is 0 Å². The van der Waals surface area contributed by atoms with Crippen LogP contribution in [0.1, 0.15) is 66.3 Å². The van der Waals surface area contributed by atoms with E-state index in [2.05, 4.69) is 29.4 Å². The van der Waals surface area contributed by atoms with E-state index in [4.69, 9.17) is 5.10 Å². The Hall–Kier alpha value is -2.21. The van der Waals surface area contributed by atoms with Crippen LogP contribution in [0.2, 0.25) is 0 Å². The molecule has 1 fully saturated rings. The molecule has 0 bridgehead atoms. The minimum Gasteiger partial charge on any atom is -0.337 e. The van der Waals surface area contributed by atoms with Gasteiger partial charge in [-0.1, -0.05) is 6.92 Å². The molecule has 2 aliphatic rings. The number of hydrogen-bond acceptors (Lipinski definition) is 4. The minimum atomic E-state index is 0.198. The fourth-order valence-electron chi connectivity index (χ4n) is 4.63. The van der Waals surface area contributed by atoms with Gasteiger partial charge in [-0.3, -0.25) is 14.5 Å². The fraction of sp³-hybridized carbons (Fsp3) is 0.609. The van der Waals surface area contributed by atoms with Gasteiger partial charge in [-0.15, -0.1) is 0 Å². The average molecular weight is 396 g/mol. The molecule has 0 saturated carbocycles. The molecule has 2 aromatic heterocycles. The third kappa shape index (κ3) is 4.69. The molecule has 156 valence electrons. The normalized spacial score (nSPS) is 19.2. The quantitative estimate of drug-likeness (QED) is 0.783. The first-order chi connectivity index (χ1) is 14.3. The first-order valence-electron chi connectivity index (χ1n) is 11.3. The maximum absolute atomic E-state index is 13.4. The molecule has 4 rings (SSSR count). The zero-order chi connectivity index (χ0) is 20.1. The maximum atomic E-state index is 13.4. The van der Waals surface area contributed by atoms with Crippen LogP contribution in [0.15, 0.2) is 24.5 Å². The molecular formula is C23H33N5O. The predicted molar refractivity (Wildman–Crippen MR) is 114 cm³/mol. The van der Waals surface area contributed by atoms with Crippen molar-refractivity contribution in [2.45, 2.75) is 70.9 Å². The number of piperidine rings is 1. The molecule has 0 radical (unpaired) electrons. The lowest BCUT2D eigenvalue weighted by atomic mass is 9.91. The van der Waals surface area contributed by atoms with Gasteiger partial charge in [0.25, 0.3) is 5.91 Å². The van der Waals surface area contributed by atoms with Crippen molar-refractivity contribution in [3.63, 3.8) is 0 Å². The lowest BCUT2D eigenvalue weighted by molar-refractivity contribution is 0.0710. The van der Waals surface area contributed by atoms with Crippen molar-refractivity contribution in [1.82, 2.24) is 25.0 Å². The summed E-state index contributed by atoms with van der Waals surface area (Å²) < 4.78 is 2.00. The minimum absolute atomic E-state index is 0.198. The van der Waals surface area contributed by atoms with E-state index < -0.39 is 0 Å². The highest BCUT2D eigenvalue weighted by atomic mass is 16.2. The van der Waals surface area contributed by atoms with Crippen molar-refractivity contribution in [3.8, 4) is 0 Å². The van der Waals surface area contributed by atoms with E-state index in [1.165, 1.54) is 17.5 Å². The highest BCUT2D eigenvalue weighted by Gasteiger charge is 2.31. The van der Waals surface area contributed by atoms with Crippen molar-refractivity contribution in [2.75, 3.05) is 19.6 Å². The van der Waals surface area contributed by atoms with Crippen LogP contribution in [-0.2, 0) is 25.8 Å². The monoisotopic (exact) mass is 395 g/mol. The fourth-order valence-corrected chi connectivity index (χ4v) is 4.63. The Morgan fingerprint density at radius 1 is 1.21 bits per heavy atom. The summed E-state index contributed by atoms with van der Waals surface area (Å²) in [6, 6.07) is 4.56. The van der Waals surface area contributed by atoms with Gasteiger partial charge in [0.05, 0.1) is 5.69 Å². The maximum Gasteiger partial charge on any atom is 0.272 e. The third-order valence-electron chi connectivity index (χ3n) is 6.19. The number of nitrogens with one attached hydrogen (secondary N) is 1. The van der Waals surface area contributed by atoms with E-state index in [9.17, 15) is 4.79 Å². The summed E-state index contributed by atoms with van der Waals surface area (Å²) in [6.45, 7) is 5.70. The number of nitrogens with zero attached hydrogens (tertiary/aromatic N) is 4. The van der Waals surface area contributed by atoms with E-state index in [0.29, 0.717) is 6.04 Å². The summed E-state index contributed by atoms with van der Waals surface area (Å²) in [5.41, 5.74) is 4.51. The number of likely N-dealkylation sites (tertiary alicyclic amines) is 1. The van der Waals surface area contributed by atoms with Crippen LogP contribution >= 0.6 is 0 Å². The Kier molecular flexibility index (Phi) is 6.60. The number of rotatable bonds is 7. The standard InChI is InChI=1S/C23H33N5O/c1-2-14-28-22(23(29)27-15-4-3-5-16-27)20-17-19(6-7-21(20)26-28)25-13-10-18-8-11-24-12-9-18/h8-9,11-12,19,25H,2-7,10,13-17H2,1H3. The predicted octanol–water partition coefficient (Wildman–Crippen LogP) is 3.00. The van der Waals surface area contributed by atoms with Crippen molar-refractivity contribution < 1.29 is 4.79 Å². The van der Waals surface area contributed by atoms with Crippen LogP contribution in [0, 0.1) is 0 Å². The molecule has 29 heavy (non-hydrogen) atoms. The molecule has 1 amide bonds. The van der Waals surface area contributed by atoms with Crippen LogP contribution in [0.3, 0.4) is 0 Å². The van der Waals surface area contributed by atoms with Crippen LogP contribution < -0.4 is 5.32 Å². The van der Waals surface area contributed by atoms with Gasteiger partial charge in [-0.25, -0.2) is 0 Å². The number of aromatic nitrogens is 3. The smallest absolute Gasteiger partial charge is 0.272 e. The van der Waals surface area contributed by atoms with Gasteiger partial charge in [-0.2, -0.15) is 5.10 Å². The molecule has 0 aromatic carbocycles. The Labute approximate surface area is 173 Å². The zero-order valence-corrected chi connectivity index (χ0v) is 17.6. The Morgan fingerprint density at radius 2 is 2.00 bits per heavy atom. The summed E-state index contributed by atoms with van der Waals surface area (Å²) in [4.78, 5) is 19.5. The number of aryl methyl sites for hydroxylation is 2. The summed E-state index contributed by atoms with van der Waals surface area (Å²) >= 11 is 0. The van der Waals surface area contributed by atoms with E-state index in [1.807, 2.05) is 22.0 Å². The van der Waals surface area contributed by atoms with Crippen LogP contribution in [0.25, 0.3) is 0 Å². The van der Waals surface area contributed by atoms with Crippen LogP contribution in [-0.4, -0.2) is 51.2 Å². The summed E-state index contributed by atoms with van der Waals surface area (Å²) in [5.74, 6) is 0.198. The summed E-state index contributed by atoms with van der Waals surface area (Å²) in [5, 5.41) is 8.57. The number of fused-ring (bicyclic) bond motifs is 1. The lowest BCUT2D eigenvalue weighted by Gasteiger charge is -2.28. The molecule has 1 aliphatic carbocycles. The SMILES string of the molecule is CCCn1nc2c(c1C(=O)N1CCCCC1)CC(NCCc1ccncc1)CC2. The molecule has 1 unspecified atom stereocenters. The molecule has 2 aromatic rings. The lowest BCUT2D eigenvalue weighted by Crippen LogP contribution is -2.39. The van der Waals surface area contributed by atoms with E-state index in [0.717, 1.165) is 82.5 Å². The second-order valence-corrected chi connectivity index (χ2v) is 8.35. The number of pyridine rings is 1. The van der Waals surface area contributed by atoms with Crippen molar-refractivity contribution >= 4 is 5.91 Å². The Balaban J connectivity index is 1.46. The topological polar surface area (TPSA) is 63.1 Å². The number of hydrogen-bond donors (Lipinski definition) is 1.